The van der Waals surface area contributed by atoms with Crippen LogP contribution in [0.2, 0.25) is 0 Å². The number of carbonyl (C=O) groups excluding carboxylic acids is 1. The number of alkyl halides is 17. The second kappa shape index (κ2) is 9.31. The number of aryl methyl sites for hydroxylation is 1. The Balaban J connectivity index is 3.63. The van der Waals surface area contributed by atoms with Crippen LogP contribution in [0.5, 0.6) is 0 Å². The molecule has 0 aliphatic carbocycles. The summed E-state index contributed by atoms with van der Waals surface area (Å²) in [7, 11) is 0. The van der Waals surface area contributed by atoms with E-state index in [1.165, 1.54) is 17.7 Å². The summed E-state index contributed by atoms with van der Waals surface area (Å²) in [5, 5.41) is 0.881. The highest BCUT2D eigenvalue weighted by Gasteiger charge is 2.85. The topological polar surface area (TPSA) is 47.6 Å². The molecule has 4 nitrogen and oxygen atoms in total. The first-order valence-corrected chi connectivity index (χ1v) is 8.55. The maximum atomic E-state index is 14.4. The molecule has 0 heterocycles. The lowest BCUT2D eigenvalue weighted by molar-refractivity contribution is -0.548. The summed E-state index contributed by atoms with van der Waals surface area (Å²) in [6.07, 6.45) is -38.5. The monoisotopic (exact) mass is 585 g/mol. The van der Waals surface area contributed by atoms with E-state index in [0.29, 0.717) is 12.1 Å². The summed E-state index contributed by atoms with van der Waals surface area (Å²) in [6, 6.07) is 3.51. The number of ether oxygens (including phenoxy) is 2. The Morgan fingerprint density at radius 3 is 1.54 bits per heavy atom. The van der Waals surface area contributed by atoms with Gasteiger partial charge in [0, 0.05) is 5.69 Å². The van der Waals surface area contributed by atoms with Crippen LogP contribution >= 0.6 is 0 Å². The van der Waals surface area contributed by atoms with Crippen LogP contribution in [0.15, 0.2) is 24.3 Å². The maximum Gasteiger partial charge on any atom is 0.462 e. The van der Waals surface area contributed by atoms with E-state index in [9.17, 15) is 79.4 Å². The van der Waals surface area contributed by atoms with Crippen LogP contribution in [0, 0.1) is 6.92 Å². The molecule has 0 radical (unpaired) electrons. The summed E-state index contributed by atoms with van der Waals surface area (Å²) in [5.74, 6) is -26.2. The lowest BCUT2D eigenvalue weighted by Gasteiger charge is -2.40. The van der Waals surface area contributed by atoms with E-state index in [4.69, 9.17) is 0 Å². The lowest BCUT2D eigenvalue weighted by Crippen LogP contribution is -2.68. The maximum absolute atomic E-state index is 14.4. The predicted molar refractivity (Wildman–Crippen MR) is 82.7 cm³/mol. The van der Waals surface area contributed by atoms with Crippen molar-refractivity contribution in [2.24, 2.45) is 0 Å². The van der Waals surface area contributed by atoms with E-state index >= 15 is 0 Å². The average Bonchev–Trinajstić information content (AvgIpc) is 2.64. The number of amides is 1. The molecule has 21 heteroatoms. The van der Waals surface area contributed by atoms with E-state index < -0.39 is 60.0 Å². The van der Waals surface area contributed by atoms with E-state index in [1.54, 1.807) is 0 Å². The number of carbonyl (C=O) groups is 1. The van der Waals surface area contributed by atoms with Crippen molar-refractivity contribution in [3.8, 4) is 0 Å². The van der Waals surface area contributed by atoms with Gasteiger partial charge >= 0.3 is 48.4 Å². The molecule has 1 aromatic carbocycles. The van der Waals surface area contributed by atoms with Crippen LogP contribution in [0.25, 0.3) is 0 Å². The van der Waals surface area contributed by atoms with Gasteiger partial charge in [-0.05, 0) is 24.6 Å². The van der Waals surface area contributed by atoms with Crippen molar-refractivity contribution in [1.29, 1.82) is 0 Å². The first kappa shape index (κ1) is 32.4. The number of halogens is 17. The molecule has 214 valence electrons. The minimum atomic E-state index is -8.05. The Morgan fingerprint density at radius 2 is 1.16 bits per heavy atom. The zero-order valence-electron chi connectivity index (χ0n) is 17.0. The standard InChI is InChI=1S/C16H8F17NO3/c1-6-3-2-4-7(5-6)34-8(35)9(17,12(21,22)23)36-16(32,33)11(20,14(27,28)29)37-15(30,31)10(18,19)13(24,25)26/h2-5H,1H3,(H,34,35)/t9-,11-/m0/s1. The summed E-state index contributed by atoms with van der Waals surface area (Å²) < 4.78 is 226. The third-order valence-electron chi connectivity index (χ3n) is 3.93. The van der Waals surface area contributed by atoms with Crippen LogP contribution in [0.1, 0.15) is 5.56 Å². The predicted octanol–water partition coefficient (Wildman–Crippen LogP) is 6.81. The molecule has 0 spiro atoms. The second-order valence-corrected chi connectivity index (χ2v) is 6.82. The number of hydrogen-bond donors (Lipinski definition) is 1. The van der Waals surface area contributed by atoms with E-state index in [1.807, 2.05) is 4.74 Å². The normalized spacial score (nSPS) is 17.7. The molecule has 37 heavy (non-hydrogen) atoms. The fourth-order valence-electron chi connectivity index (χ4n) is 2.10. The van der Waals surface area contributed by atoms with Crippen molar-refractivity contribution < 1.29 is 88.9 Å². The van der Waals surface area contributed by atoms with Gasteiger partial charge in [0.25, 0.3) is 5.91 Å². The Kier molecular flexibility index (Phi) is 8.17. The molecule has 0 bridgehead atoms. The number of benzene rings is 1. The van der Waals surface area contributed by atoms with Crippen molar-refractivity contribution in [3.63, 3.8) is 0 Å². The van der Waals surface area contributed by atoms with Gasteiger partial charge in [0.15, 0.2) is 0 Å². The van der Waals surface area contributed by atoms with Gasteiger partial charge in [-0.15, -0.1) is 0 Å². The minimum absolute atomic E-state index is 0.0848. The Bertz CT molecular complexity index is 986. The van der Waals surface area contributed by atoms with E-state index in [0.717, 1.165) is 11.4 Å². The summed E-state index contributed by atoms with van der Waals surface area (Å²) in [4.78, 5) is 11.7. The number of hydrogen-bond acceptors (Lipinski definition) is 3. The highest BCUT2D eigenvalue weighted by Crippen LogP contribution is 2.56. The lowest BCUT2D eigenvalue weighted by atomic mass is 10.2. The van der Waals surface area contributed by atoms with Gasteiger partial charge in [0.2, 0.25) is 0 Å². The van der Waals surface area contributed by atoms with Gasteiger partial charge in [0.05, 0.1) is 0 Å². The molecule has 1 aromatic rings. The molecule has 0 fully saturated rings. The van der Waals surface area contributed by atoms with Crippen LogP contribution < -0.4 is 5.32 Å². The molecule has 0 saturated heterocycles. The molecule has 0 saturated carbocycles. The minimum Gasteiger partial charge on any atom is -0.321 e. The SMILES string of the molecule is Cc1cccc(NC(=O)[C@](F)(OC(F)(F)[C@@](F)(OC(F)(F)C(F)(F)C(F)(F)F)C(F)(F)F)C(F)(F)F)c1. The Labute approximate surface area is 192 Å². The van der Waals surface area contributed by atoms with Crippen LogP contribution in [-0.2, 0) is 14.3 Å². The zero-order chi connectivity index (χ0) is 29.7. The van der Waals surface area contributed by atoms with Crippen LogP contribution in [-0.4, -0.2) is 54.3 Å². The second-order valence-electron chi connectivity index (χ2n) is 6.82. The average molecular weight is 585 g/mol. The molecule has 2 atom stereocenters. The van der Waals surface area contributed by atoms with Crippen LogP contribution in [0.4, 0.5) is 80.3 Å². The van der Waals surface area contributed by atoms with Crippen molar-refractivity contribution in [3.05, 3.63) is 29.8 Å². The number of nitrogens with one attached hydrogen (secondary N) is 1. The quantitative estimate of drug-likeness (QED) is 0.342. The fraction of sp³-hybridized carbons (Fsp3) is 0.562. The summed E-state index contributed by atoms with van der Waals surface area (Å²) in [5.41, 5.74) is -0.792. The molecule has 1 N–H and O–H groups in total. The summed E-state index contributed by atoms with van der Waals surface area (Å²) in [6.45, 7) is 1.20. The van der Waals surface area contributed by atoms with Gasteiger partial charge in [-0.1, -0.05) is 12.1 Å². The van der Waals surface area contributed by atoms with Gasteiger partial charge in [0.1, 0.15) is 0 Å². The fourth-order valence-corrected chi connectivity index (χ4v) is 2.10. The van der Waals surface area contributed by atoms with Gasteiger partial charge in [-0.3, -0.25) is 14.3 Å². The molecular weight excluding hydrogens is 577 g/mol. The van der Waals surface area contributed by atoms with Crippen molar-refractivity contribution >= 4 is 11.6 Å². The third kappa shape index (κ3) is 5.96. The molecule has 0 aliphatic heterocycles. The van der Waals surface area contributed by atoms with Gasteiger partial charge in [-0.25, -0.2) is 0 Å². The summed E-state index contributed by atoms with van der Waals surface area (Å²) >= 11 is 0. The van der Waals surface area contributed by atoms with E-state index in [-0.39, 0.29) is 5.56 Å². The molecular formula is C16H8F17NO3. The highest BCUT2D eigenvalue weighted by atomic mass is 19.4. The first-order valence-electron chi connectivity index (χ1n) is 8.55. The zero-order valence-corrected chi connectivity index (χ0v) is 17.0. The van der Waals surface area contributed by atoms with Crippen molar-refractivity contribution in [2.45, 2.75) is 55.3 Å². The Morgan fingerprint density at radius 1 is 0.676 bits per heavy atom. The van der Waals surface area contributed by atoms with Crippen molar-refractivity contribution in [2.75, 3.05) is 5.32 Å². The number of anilines is 1. The Hall–Kier alpha value is -2.58. The molecule has 1 amide bonds. The molecule has 0 aromatic heterocycles. The van der Waals surface area contributed by atoms with Gasteiger partial charge < -0.3 is 5.32 Å². The van der Waals surface area contributed by atoms with Gasteiger partial charge in [-0.2, -0.15) is 74.6 Å². The molecule has 0 unspecified atom stereocenters. The highest BCUT2D eigenvalue weighted by molar-refractivity contribution is 5.96. The number of rotatable bonds is 8. The first-order chi connectivity index (χ1) is 16.1. The van der Waals surface area contributed by atoms with Crippen molar-refractivity contribution in [1.82, 2.24) is 0 Å². The molecule has 0 aliphatic rings. The smallest absolute Gasteiger partial charge is 0.321 e. The largest absolute Gasteiger partial charge is 0.462 e. The third-order valence-corrected chi connectivity index (χ3v) is 3.93. The molecule has 1 rings (SSSR count). The van der Waals surface area contributed by atoms with Crippen LogP contribution in [0.3, 0.4) is 0 Å². The van der Waals surface area contributed by atoms with E-state index in [2.05, 4.69) is 0 Å².